The van der Waals surface area contributed by atoms with Crippen LogP contribution in [0, 0.1) is 20.8 Å². The van der Waals surface area contributed by atoms with E-state index in [2.05, 4.69) is 10.3 Å². The molecule has 1 amide bonds. The molecule has 0 aliphatic carbocycles. The number of ether oxygens (including phenoxy) is 2. The van der Waals surface area contributed by atoms with Gasteiger partial charge in [-0.1, -0.05) is 17.7 Å². The Hall–Kier alpha value is -3.09. The Balaban J connectivity index is 2.08. The molecule has 0 saturated heterocycles. The number of aryl methyl sites for hydroxylation is 2. The predicted octanol–water partition coefficient (Wildman–Crippen LogP) is 3.69. The molecule has 2 N–H and O–H groups in total. The zero-order valence-electron chi connectivity index (χ0n) is 17.0. The van der Waals surface area contributed by atoms with Crippen LogP contribution in [-0.2, 0) is 14.3 Å². The first-order valence-electron chi connectivity index (χ1n) is 9.08. The van der Waals surface area contributed by atoms with Crippen molar-refractivity contribution in [3.05, 3.63) is 52.3 Å². The first-order valence-corrected chi connectivity index (χ1v) is 9.08. The fourth-order valence-corrected chi connectivity index (χ4v) is 2.69. The van der Waals surface area contributed by atoms with Crippen LogP contribution in [0.25, 0.3) is 0 Å². The van der Waals surface area contributed by atoms with E-state index in [1.54, 1.807) is 39.8 Å². The minimum absolute atomic E-state index is 0.128. The number of aromatic amines is 1. The van der Waals surface area contributed by atoms with E-state index in [0.717, 1.165) is 5.56 Å². The number of hydrogen-bond donors (Lipinski definition) is 2. The van der Waals surface area contributed by atoms with Crippen molar-refractivity contribution in [1.82, 2.24) is 4.98 Å². The number of benzene rings is 1. The van der Waals surface area contributed by atoms with Crippen LogP contribution in [0.3, 0.4) is 0 Å². The van der Waals surface area contributed by atoms with Crippen LogP contribution in [0.5, 0.6) is 0 Å². The molecule has 0 saturated carbocycles. The molecule has 7 heteroatoms. The highest BCUT2D eigenvalue weighted by atomic mass is 16.6. The highest BCUT2D eigenvalue weighted by molar-refractivity contribution is 6.00. The molecule has 0 unspecified atom stereocenters. The number of H-pyrrole nitrogens is 1. The lowest BCUT2D eigenvalue weighted by molar-refractivity contribution is -0.123. The summed E-state index contributed by atoms with van der Waals surface area (Å²) in [4.78, 5) is 39.9. The minimum atomic E-state index is -1.01. The maximum atomic E-state index is 12.5. The molecule has 0 aliphatic heterocycles. The number of carbonyl (C=O) groups excluding carboxylic acids is 3. The fourth-order valence-electron chi connectivity index (χ4n) is 2.69. The summed E-state index contributed by atoms with van der Waals surface area (Å²) in [6.45, 7) is 10.2. The SMILES string of the molecule is Cc1ccc(NC(=O)[C@H](C)OC(=O)c2[nH]c(C)c(C(=O)OC(C)C)c2C)cc1. The third-order valence-electron chi connectivity index (χ3n) is 4.16. The zero-order valence-corrected chi connectivity index (χ0v) is 17.0. The van der Waals surface area contributed by atoms with E-state index in [1.165, 1.54) is 6.92 Å². The second-order valence-electron chi connectivity index (χ2n) is 6.98. The predicted molar refractivity (Wildman–Crippen MR) is 106 cm³/mol. The van der Waals surface area contributed by atoms with Crippen LogP contribution in [0.4, 0.5) is 5.69 Å². The van der Waals surface area contributed by atoms with Crippen molar-refractivity contribution in [3.63, 3.8) is 0 Å². The maximum Gasteiger partial charge on any atom is 0.355 e. The monoisotopic (exact) mass is 386 g/mol. The van der Waals surface area contributed by atoms with Crippen molar-refractivity contribution in [2.75, 3.05) is 5.32 Å². The Morgan fingerprint density at radius 3 is 2.11 bits per heavy atom. The molecule has 28 heavy (non-hydrogen) atoms. The summed E-state index contributed by atoms with van der Waals surface area (Å²) in [7, 11) is 0. The fraction of sp³-hybridized carbons (Fsp3) is 0.381. The van der Waals surface area contributed by atoms with Gasteiger partial charge in [0.1, 0.15) is 5.69 Å². The van der Waals surface area contributed by atoms with Crippen molar-refractivity contribution < 1.29 is 23.9 Å². The van der Waals surface area contributed by atoms with E-state index in [0.29, 0.717) is 22.5 Å². The quantitative estimate of drug-likeness (QED) is 0.738. The van der Waals surface area contributed by atoms with Crippen LogP contribution < -0.4 is 5.32 Å². The van der Waals surface area contributed by atoms with Gasteiger partial charge in [-0.25, -0.2) is 9.59 Å². The summed E-state index contributed by atoms with van der Waals surface area (Å²) >= 11 is 0. The first kappa shape index (κ1) is 21.2. The largest absolute Gasteiger partial charge is 0.459 e. The normalized spacial score (nSPS) is 11.8. The van der Waals surface area contributed by atoms with Gasteiger partial charge in [0.2, 0.25) is 0 Å². The van der Waals surface area contributed by atoms with E-state index in [4.69, 9.17) is 9.47 Å². The van der Waals surface area contributed by atoms with Crippen LogP contribution in [0.2, 0.25) is 0 Å². The number of rotatable bonds is 6. The van der Waals surface area contributed by atoms with Gasteiger partial charge in [0.15, 0.2) is 6.10 Å². The topological polar surface area (TPSA) is 97.5 Å². The van der Waals surface area contributed by atoms with Crippen LogP contribution in [0.1, 0.15) is 58.4 Å². The van der Waals surface area contributed by atoms with E-state index in [1.807, 2.05) is 19.1 Å². The first-order chi connectivity index (χ1) is 13.1. The third kappa shape index (κ3) is 5.00. The molecule has 1 heterocycles. The summed E-state index contributed by atoms with van der Waals surface area (Å²) < 4.78 is 10.5. The molecule has 0 aliphatic rings. The second-order valence-corrected chi connectivity index (χ2v) is 6.98. The molecule has 2 rings (SSSR count). The second kappa shape index (κ2) is 8.73. The lowest BCUT2D eigenvalue weighted by atomic mass is 10.1. The molecule has 1 aromatic carbocycles. The molecule has 0 radical (unpaired) electrons. The molecular weight excluding hydrogens is 360 g/mol. The van der Waals surface area contributed by atoms with Gasteiger partial charge in [-0.2, -0.15) is 0 Å². The van der Waals surface area contributed by atoms with Gasteiger partial charge < -0.3 is 19.8 Å². The average molecular weight is 386 g/mol. The molecule has 0 fully saturated rings. The molecule has 1 atom stereocenters. The average Bonchev–Trinajstić information content (AvgIpc) is 2.90. The number of esters is 2. The Bertz CT molecular complexity index is 881. The third-order valence-corrected chi connectivity index (χ3v) is 4.16. The molecule has 1 aromatic heterocycles. The lowest BCUT2D eigenvalue weighted by Gasteiger charge is -2.13. The number of nitrogens with one attached hydrogen (secondary N) is 2. The van der Waals surface area contributed by atoms with Crippen molar-refractivity contribution in [2.24, 2.45) is 0 Å². The van der Waals surface area contributed by atoms with E-state index >= 15 is 0 Å². The molecule has 0 bridgehead atoms. The Kier molecular flexibility index (Phi) is 6.62. The Morgan fingerprint density at radius 1 is 0.929 bits per heavy atom. The standard InChI is InChI=1S/C21H26N2O5/c1-11(2)27-20(25)17-13(4)18(22-14(17)5)21(26)28-15(6)19(24)23-16-9-7-12(3)8-10-16/h7-11,15,22H,1-6H3,(H,23,24)/t15-/m0/s1. The summed E-state index contributed by atoms with van der Waals surface area (Å²) in [5, 5.41) is 2.70. The molecule has 150 valence electrons. The number of hydrogen-bond acceptors (Lipinski definition) is 5. The maximum absolute atomic E-state index is 12.5. The minimum Gasteiger partial charge on any atom is -0.459 e. The number of amides is 1. The summed E-state index contributed by atoms with van der Waals surface area (Å²) in [5.41, 5.74) is 3.05. The van der Waals surface area contributed by atoms with Gasteiger partial charge in [0.05, 0.1) is 11.7 Å². The molecule has 7 nitrogen and oxygen atoms in total. The van der Waals surface area contributed by atoms with E-state index in [-0.39, 0.29) is 11.8 Å². The smallest absolute Gasteiger partial charge is 0.355 e. The number of carbonyl (C=O) groups is 3. The Labute approximate surface area is 164 Å². The lowest BCUT2D eigenvalue weighted by Crippen LogP contribution is -2.30. The van der Waals surface area contributed by atoms with Gasteiger partial charge in [-0.3, -0.25) is 4.79 Å². The van der Waals surface area contributed by atoms with Gasteiger partial charge >= 0.3 is 11.9 Å². The van der Waals surface area contributed by atoms with Gasteiger partial charge in [0, 0.05) is 11.4 Å². The molecular formula is C21H26N2O5. The van der Waals surface area contributed by atoms with Gasteiger partial charge in [-0.05, 0) is 59.2 Å². The highest BCUT2D eigenvalue weighted by Crippen LogP contribution is 2.21. The van der Waals surface area contributed by atoms with E-state index < -0.39 is 23.9 Å². The number of aromatic nitrogens is 1. The molecule has 2 aromatic rings. The number of anilines is 1. The molecule has 0 spiro atoms. The van der Waals surface area contributed by atoms with Crippen LogP contribution in [-0.4, -0.2) is 35.0 Å². The van der Waals surface area contributed by atoms with Crippen molar-refractivity contribution in [1.29, 1.82) is 0 Å². The highest BCUT2D eigenvalue weighted by Gasteiger charge is 2.26. The summed E-state index contributed by atoms with van der Waals surface area (Å²) in [6.07, 6.45) is -1.29. The van der Waals surface area contributed by atoms with Crippen LogP contribution >= 0.6 is 0 Å². The van der Waals surface area contributed by atoms with Crippen LogP contribution in [0.15, 0.2) is 24.3 Å². The van der Waals surface area contributed by atoms with Gasteiger partial charge in [0.25, 0.3) is 5.91 Å². The van der Waals surface area contributed by atoms with Crippen molar-refractivity contribution >= 4 is 23.5 Å². The Morgan fingerprint density at radius 2 is 1.54 bits per heavy atom. The van der Waals surface area contributed by atoms with E-state index in [9.17, 15) is 14.4 Å². The van der Waals surface area contributed by atoms with Crippen molar-refractivity contribution in [2.45, 2.75) is 53.8 Å². The zero-order chi connectivity index (χ0) is 21.0. The summed E-state index contributed by atoms with van der Waals surface area (Å²) in [5.74, 6) is -1.67. The van der Waals surface area contributed by atoms with Gasteiger partial charge in [-0.15, -0.1) is 0 Å². The summed E-state index contributed by atoms with van der Waals surface area (Å²) in [6, 6.07) is 7.28. The van der Waals surface area contributed by atoms with Crippen molar-refractivity contribution in [3.8, 4) is 0 Å².